The molecular weight excluding hydrogens is 266 g/mol. The van der Waals surface area contributed by atoms with E-state index in [-0.39, 0.29) is 0 Å². The van der Waals surface area contributed by atoms with E-state index in [0.717, 1.165) is 17.6 Å². The molecule has 0 aliphatic carbocycles. The van der Waals surface area contributed by atoms with E-state index < -0.39 is 0 Å². The van der Waals surface area contributed by atoms with Gasteiger partial charge in [-0.3, -0.25) is 0 Å². The number of hydrogen-bond donors (Lipinski definition) is 0. The van der Waals surface area contributed by atoms with E-state index in [9.17, 15) is 0 Å². The Bertz CT molecular complexity index is 356. The van der Waals surface area contributed by atoms with Crippen LogP contribution in [0, 0.1) is 0 Å². The summed E-state index contributed by atoms with van der Waals surface area (Å²) in [4.78, 5) is 2.34. The fourth-order valence-electron chi connectivity index (χ4n) is 2.43. The van der Waals surface area contributed by atoms with Gasteiger partial charge in [-0.25, -0.2) is 0 Å². The second kappa shape index (κ2) is 5.30. The van der Waals surface area contributed by atoms with Crippen LogP contribution in [-0.4, -0.2) is 38.3 Å². The number of rotatable bonds is 2. The van der Waals surface area contributed by atoms with Gasteiger partial charge in [0.05, 0.1) is 6.10 Å². The van der Waals surface area contributed by atoms with Gasteiger partial charge in [-0.2, -0.15) is 0 Å². The van der Waals surface area contributed by atoms with Gasteiger partial charge in [-0.15, -0.1) is 0 Å². The maximum atomic E-state index is 5.61. The molecule has 16 heavy (non-hydrogen) atoms. The molecule has 1 aliphatic rings. The van der Waals surface area contributed by atoms with E-state index in [2.05, 4.69) is 52.1 Å². The van der Waals surface area contributed by atoms with E-state index in [1.165, 1.54) is 12.0 Å². The van der Waals surface area contributed by atoms with Crippen molar-refractivity contribution in [3.8, 4) is 0 Å². The lowest BCUT2D eigenvalue weighted by Crippen LogP contribution is -2.41. The third kappa shape index (κ3) is 2.65. The van der Waals surface area contributed by atoms with Crippen LogP contribution < -0.4 is 0 Å². The van der Waals surface area contributed by atoms with Crippen LogP contribution >= 0.6 is 15.9 Å². The summed E-state index contributed by atoms with van der Waals surface area (Å²) in [7, 11) is 3.97. The van der Waals surface area contributed by atoms with Crippen molar-refractivity contribution in [2.24, 2.45) is 0 Å². The van der Waals surface area contributed by atoms with Crippen LogP contribution in [-0.2, 0) is 4.74 Å². The van der Waals surface area contributed by atoms with Gasteiger partial charge in [0.1, 0.15) is 0 Å². The smallest absolute Gasteiger partial charge is 0.0766 e. The van der Waals surface area contributed by atoms with Crippen LogP contribution in [0.5, 0.6) is 0 Å². The lowest BCUT2D eigenvalue weighted by Gasteiger charge is -2.36. The molecule has 0 radical (unpaired) electrons. The monoisotopic (exact) mass is 283 g/mol. The first-order valence-electron chi connectivity index (χ1n) is 5.67. The molecular formula is C13H18BrNO. The molecule has 2 nitrogen and oxygen atoms in total. The minimum atomic E-state index is 0.313. The van der Waals surface area contributed by atoms with Crippen LogP contribution in [0.2, 0.25) is 0 Å². The van der Waals surface area contributed by atoms with Gasteiger partial charge in [-0.1, -0.05) is 28.1 Å². The SMILES string of the molecule is CO[C@H]1CN(C)CC[C@@H]1c1cccc(Br)c1. The first kappa shape index (κ1) is 12.1. The summed E-state index contributed by atoms with van der Waals surface area (Å²) in [6, 6.07) is 8.58. The Morgan fingerprint density at radius 3 is 2.94 bits per heavy atom. The molecule has 1 aromatic rings. The van der Waals surface area contributed by atoms with Gasteiger partial charge in [0, 0.05) is 24.0 Å². The number of piperidine rings is 1. The molecule has 1 heterocycles. The first-order valence-corrected chi connectivity index (χ1v) is 6.47. The summed E-state index contributed by atoms with van der Waals surface area (Å²) >= 11 is 3.53. The van der Waals surface area contributed by atoms with E-state index in [1.807, 2.05) is 7.11 Å². The highest BCUT2D eigenvalue weighted by Gasteiger charge is 2.28. The highest BCUT2D eigenvalue weighted by molar-refractivity contribution is 9.10. The fourth-order valence-corrected chi connectivity index (χ4v) is 2.85. The van der Waals surface area contributed by atoms with Crippen LogP contribution in [0.3, 0.4) is 0 Å². The largest absolute Gasteiger partial charge is 0.379 e. The van der Waals surface area contributed by atoms with E-state index in [4.69, 9.17) is 4.74 Å². The lowest BCUT2D eigenvalue weighted by molar-refractivity contribution is 0.0233. The van der Waals surface area contributed by atoms with Crippen molar-refractivity contribution in [3.05, 3.63) is 34.3 Å². The molecule has 2 rings (SSSR count). The molecule has 0 aromatic heterocycles. The average molecular weight is 284 g/mol. The van der Waals surface area contributed by atoms with Crippen molar-refractivity contribution in [1.82, 2.24) is 4.90 Å². The summed E-state index contributed by atoms with van der Waals surface area (Å²) < 4.78 is 6.76. The van der Waals surface area contributed by atoms with Crippen molar-refractivity contribution in [2.45, 2.75) is 18.4 Å². The molecule has 0 spiro atoms. The molecule has 0 bridgehead atoms. The number of ether oxygens (including phenoxy) is 1. The van der Waals surface area contributed by atoms with Gasteiger partial charge in [0.25, 0.3) is 0 Å². The Labute approximate surface area is 106 Å². The molecule has 0 unspecified atom stereocenters. The quantitative estimate of drug-likeness (QED) is 0.828. The zero-order chi connectivity index (χ0) is 11.5. The van der Waals surface area contributed by atoms with Crippen molar-refractivity contribution in [3.63, 3.8) is 0 Å². The molecule has 1 aromatic carbocycles. The minimum absolute atomic E-state index is 0.313. The number of hydrogen-bond acceptors (Lipinski definition) is 2. The highest BCUT2D eigenvalue weighted by atomic mass is 79.9. The molecule has 88 valence electrons. The summed E-state index contributed by atoms with van der Waals surface area (Å²) in [6.45, 7) is 2.17. The molecule has 0 amide bonds. The van der Waals surface area contributed by atoms with E-state index in [1.54, 1.807) is 0 Å². The average Bonchev–Trinajstić information content (AvgIpc) is 2.28. The topological polar surface area (TPSA) is 12.5 Å². The third-order valence-electron chi connectivity index (χ3n) is 3.34. The summed E-state index contributed by atoms with van der Waals surface area (Å²) in [5, 5.41) is 0. The second-order valence-electron chi connectivity index (χ2n) is 4.49. The van der Waals surface area contributed by atoms with Crippen molar-refractivity contribution in [2.75, 3.05) is 27.2 Å². The van der Waals surface area contributed by atoms with Crippen molar-refractivity contribution in [1.29, 1.82) is 0 Å². The Kier molecular flexibility index (Phi) is 4.00. The standard InChI is InChI=1S/C13H18BrNO/c1-15-7-6-12(13(9-15)16-2)10-4-3-5-11(14)8-10/h3-5,8,12-13H,6-7,9H2,1-2H3/t12-,13+/m1/s1. The van der Waals surface area contributed by atoms with Gasteiger partial charge in [-0.05, 0) is 37.7 Å². The molecule has 0 N–H and O–H groups in total. The Hall–Kier alpha value is -0.380. The summed E-state index contributed by atoms with van der Waals surface area (Å²) in [6.07, 6.45) is 1.49. The van der Waals surface area contributed by atoms with Gasteiger partial charge in [0.15, 0.2) is 0 Å². The number of likely N-dealkylation sites (tertiary alicyclic amines) is 1. The fraction of sp³-hybridized carbons (Fsp3) is 0.538. The van der Waals surface area contributed by atoms with Crippen LogP contribution in [0.1, 0.15) is 17.9 Å². The molecule has 0 saturated carbocycles. The second-order valence-corrected chi connectivity index (χ2v) is 5.40. The van der Waals surface area contributed by atoms with Crippen molar-refractivity contribution >= 4 is 15.9 Å². The number of likely N-dealkylation sites (N-methyl/N-ethyl adjacent to an activating group) is 1. The Morgan fingerprint density at radius 2 is 2.25 bits per heavy atom. The van der Waals surface area contributed by atoms with Gasteiger partial charge in [0.2, 0.25) is 0 Å². The zero-order valence-electron chi connectivity index (χ0n) is 9.82. The van der Waals surface area contributed by atoms with E-state index >= 15 is 0 Å². The Morgan fingerprint density at radius 1 is 1.44 bits per heavy atom. The zero-order valence-corrected chi connectivity index (χ0v) is 11.4. The first-order chi connectivity index (χ1) is 7.70. The number of methoxy groups -OCH3 is 1. The van der Waals surface area contributed by atoms with Crippen LogP contribution in [0.4, 0.5) is 0 Å². The summed E-state index contributed by atoms with van der Waals surface area (Å²) in [5.41, 5.74) is 1.38. The number of halogens is 1. The van der Waals surface area contributed by atoms with Gasteiger partial charge < -0.3 is 9.64 Å². The van der Waals surface area contributed by atoms with Crippen LogP contribution in [0.25, 0.3) is 0 Å². The number of nitrogens with zero attached hydrogens (tertiary/aromatic N) is 1. The summed E-state index contributed by atoms with van der Waals surface area (Å²) in [5.74, 6) is 0.527. The molecule has 2 atom stereocenters. The maximum absolute atomic E-state index is 5.61. The predicted octanol–water partition coefficient (Wildman–Crippen LogP) is 2.88. The molecule has 1 aliphatic heterocycles. The molecule has 1 saturated heterocycles. The van der Waals surface area contributed by atoms with Crippen LogP contribution in [0.15, 0.2) is 28.7 Å². The van der Waals surface area contributed by atoms with E-state index in [0.29, 0.717) is 12.0 Å². The predicted molar refractivity (Wildman–Crippen MR) is 69.8 cm³/mol. The Balaban J connectivity index is 2.19. The van der Waals surface area contributed by atoms with Crippen molar-refractivity contribution < 1.29 is 4.74 Å². The normalized spacial score (nSPS) is 26.9. The lowest BCUT2D eigenvalue weighted by atomic mass is 9.87. The van der Waals surface area contributed by atoms with Gasteiger partial charge >= 0.3 is 0 Å². The number of benzene rings is 1. The molecule has 1 fully saturated rings. The third-order valence-corrected chi connectivity index (χ3v) is 3.84. The molecule has 3 heteroatoms. The maximum Gasteiger partial charge on any atom is 0.0766 e. The minimum Gasteiger partial charge on any atom is -0.379 e. The highest BCUT2D eigenvalue weighted by Crippen LogP contribution is 2.30.